The van der Waals surface area contributed by atoms with Gasteiger partial charge in [-0.3, -0.25) is 19.9 Å². The van der Waals surface area contributed by atoms with Crippen LogP contribution in [0.3, 0.4) is 0 Å². The second kappa shape index (κ2) is 7.16. The number of amides is 1. The summed E-state index contributed by atoms with van der Waals surface area (Å²) in [6, 6.07) is 8.21. The summed E-state index contributed by atoms with van der Waals surface area (Å²) in [5.74, 6) is -0.185. The minimum atomic E-state index is -0.409. The summed E-state index contributed by atoms with van der Waals surface area (Å²) in [5.41, 5.74) is 1.97. The lowest BCUT2D eigenvalue weighted by Crippen LogP contribution is -2.28. The number of aryl methyl sites for hydroxylation is 1. The third kappa shape index (κ3) is 4.02. The van der Waals surface area contributed by atoms with Crippen LogP contribution in [-0.4, -0.2) is 28.9 Å². The van der Waals surface area contributed by atoms with Gasteiger partial charge in [-0.05, 0) is 31.2 Å². The molecule has 0 aliphatic heterocycles. The molecule has 0 atom stereocenters. The number of hydrogen-bond donors (Lipinski definition) is 2. The molecule has 1 heterocycles. The highest BCUT2D eigenvalue weighted by molar-refractivity contribution is 5.93. The maximum absolute atomic E-state index is 11.8. The second-order valence-corrected chi connectivity index (χ2v) is 4.68. The summed E-state index contributed by atoms with van der Waals surface area (Å²) in [4.78, 5) is 26.0. The smallest absolute Gasteiger partial charge is 0.272 e. The van der Waals surface area contributed by atoms with Crippen LogP contribution in [0.5, 0.6) is 0 Å². The number of nitrogens with one attached hydrogen (secondary N) is 2. The van der Waals surface area contributed by atoms with Crippen molar-refractivity contribution in [1.29, 1.82) is 0 Å². The van der Waals surface area contributed by atoms with Crippen molar-refractivity contribution in [1.82, 2.24) is 10.3 Å². The quantitative estimate of drug-likeness (QED) is 0.484. The van der Waals surface area contributed by atoms with E-state index in [1.165, 1.54) is 12.3 Å². The Morgan fingerprint density at radius 1 is 1.32 bits per heavy atom. The van der Waals surface area contributed by atoms with Crippen molar-refractivity contribution < 1.29 is 9.72 Å². The Hall–Kier alpha value is -2.96. The summed E-state index contributed by atoms with van der Waals surface area (Å²) in [6.45, 7) is 2.64. The summed E-state index contributed by atoms with van der Waals surface area (Å²) in [5, 5.41) is 16.6. The zero-order valence-corrected chi connectivity index (χ0v) is 12.1. The molecule has 7 nitrogen and oxygen atoms in total. The number of carbonyl (C=O) groups excluding carboxylic acids is 1. The van der Waals surface area contributed by atoms with Gasteiger partial charge in [0.05, 0.1) is 10.5 Å². The summed E-state index contributed by atoms with van der Waals surface area (Å²) in [6.07, 6.45) is 3.11. The molecule has 0 radical (unpaired) electrons. The van der Waals surface area contributed by atoms with Gasteiger partial charge in [0.2, 0.25) is 0 Å². The van der Waals surface area contributed by atoms with Crippen LogP contribution in [0.1, 0.15) is 15.9 Å². The van der Waals surface area contributed by atoms with Gasteiger partial charge in [0.15, 0.2) is 0 Å². The first-order valence-corrected chi connectivity index (χ1v) is 6.75. The maximum atomic E-state index is 11.8. The molecule has 0 bridgehead atoms. The highest BCUT2D eigenvalue weighted by Gasteiger charge is 2.09. The van der Waals surface area contributed by atoms with Gasteiger partial charge in [0.1, 0.15) is 0 Å². The molecular weight excluding hydrogens is 284 g/mol. The maximum Gasteiger partial charge on any atom is 0.272 e. The summed E-state index contributed by atoms with van der Waals surface area (Å²) >= 11 is 0. The van der Waals surface area contributed by atoms with E-state index >= 15 is 0 Å². The van der Waals surface area contributed by atoms with E-state index in [-0.39, 0.29) is 11.6 Å². The highest BCUT2D eigenvalue weighted by Crippen LogP contribution is 2.21. The molecule has 2 N–H and O–H groups in total. The lowest BCUT2D eigenvalue weighted by Gasteiger charge is -2.08. The van der Waals surface area contributed by atoms with Crippen LogP contribution in [-0.2, 0) is 0 Å². The predicted octanol–water partition coefficient (Wildman–Crippen LogP) is 2.14. The number of hydrogen-bond acceptors (Lipinski definition) is 5. The Morgan fingerprint density at radius 2 is 2.14 bits per heavy atom. The molecule has 0 spiro atoms. The van der Waals surface area contributed by atoms with Crippen LogP contribution in [0.2, 0.25) is 0 Å². The molecule has 1 aromatic heterocycles. The van der Waals surface area contributed by atoms with Gasteiger partial charge in [-0.15, -0.1) is 0 Å². The molecule has 0 fully saturated rings. The van der Waals surface area contributed by atoms with E-state index in [0.717, 1.165) is 5.69 Å². The molecule has 1 aromatic carbocycles. The van der Waals surface area contributed by atoms with E-state index in [0.29, 0.717) is 24.2 Å². The third-order valence-corrected chi connectivity index (χ3v) is 3.06. The Kier molecular flexibility index (Phi) is 5.02. The number of benzene rings is 1. The van der Waals surface area contributed by atoms with E-state index in [9.17, 15) is 14.9 Å². The Labute approximate surface area is 127 Å². The Bertz CT molecular complexity index is 674. The van der Waals surface area contributed by atoms with Gasteiger partial charge >= 0.3 is 0 Å². The van der Waals surface area contributed by atoms with E-state index in [4.69, 9.17) is 0 Å². The fraction of sp³-hybridized carbons (Fsp3) is 0.200. The lowest BCUT2D eigenvalue weighted by molar-refractivity contribution is -0.385. The van der Waals surface area contributed by atoms with Crippen LogP contribution in [0.4, 0.5) is 11.4 Å². The molecule has 0 saturated carbocycles. The van der Waals surface area contributed by atoms with Crippen molar-refractivity contribution in [2.75, 3.05) is 18.4 Å². The number of nitro benzene ring substituents is 1. The molecule has 0 aliphatic rings. The molecule has 0 saturated heterocycles. The highest BCUT2D eigenvalue weighted by atomic mass is 16.6. The molecule has 0 unspecified atom stereocenters. The molecule has 2 rings (SSSR count). The van der Waals surface area contributed by atoms with Crippen molar-refractivity contribution in [2.45, 2.75) is 6.92 Å². The SMILES string of the molecule is Cc1cc(NCCNC(=O)c2cccnc2)ccc1[N+](=O)[O-]. The standard InChI is InChI=1S/C15H16N4O3/c1-11-9-13(4-5-14(11)19(21)22)17-7-8-18-15(20)12-3-2-6-16-10-12/h2-6,9-10,17H,7-8H2,1H3,(H,18,20). The fourth-order valence-corrected chi connectivity index (χ4v) is 1.95. The fourth-order valence-electron chi connectivity index (χ4n) is 1.95. The molecular formula is C15H16N4O3. The van der Waals surface area contributed by atoms with Gasteiger partial charge < -0.3 is 10.6 Å². The molecule has 114 valence electrons. The van der Waals surface area contributed by atoms with Crippen molar-refractivity contribution in [3.63, 3.8) is 0 Å². The zero-order chi connectivity index (χ0) is 15.9. The van der Waals surface area contributed by atoms with Crippen molar-refractivity contribution >= 4 is 17.3 Å². The van der Waals surface area contributed by atoms with Crippen LogP contribution in [0.15, 0.2) is 42.7 Å². The van der Waals surface area contributed by atoms with Gasteiger partial charge in [-0.2, -0.15) is 0 Å². The molecule has 7 heteroatoms. The van der Waals surface area contributed by atoms with Crippen LogP contribution in [0, 0.1) is 17.0 Å². The molecule has 2 aromatic rings. The predicted molar refractivity (Wildman–Crippen MR) is 82.9 cm³/mol. The van der Waals surface area contributed by atoms with Crippen molar-refractivity contribution in [2.24, 2.45) is 0 Å². The molecule has 1 amide bonds. The lowest BCUT2D eigenvalue weighted by atomic mass is 10.2. The number of pyridine rings is 1. The largest absolute Gasteiger partial charge is 0.383 e. The van der Waals surface area contributed by atoms with E-state index in [1.807, 2.05) is 0 Å². The van der Waals surface area contributed by atoms with Gasteiger partial charge in [-0.1, -0.05) is 0 Å². The average Bonchev–Trinajstić information content (AvgIpc) is 2.52. The first kappa shape index (κ1) is 15.4. The normalized spacial score (nSPS) is 10.0. The number of nitrogens with zero attached hydrogens (tertiary/aromatic N) is 2. The minimum Gasteiger partial charge on any atom is -0.383 e. The first-order valence-electron chi connectivity index (χ1n) is 6.75. The van der Waals surface area contributed by atoms with Crippen LogP contribution >= 0.6 is 0 Å². The average molecular weight is 300 g/mol. The number of rotatable bonds is 6. The number of carbonyl (C=O) groups is 1. The van der Waals surface area contributed by atoms with Crippen molar-refractivity contribution in [3.05, 3.63) is 64.0 Å². The van der Waals surface area contributed by atoms with Crippen molar-refractivity contribution in [3.8, 4) is 0 Å². The van der Waals surface area contributed by atoms with Gasteiger partial charge in [0, 0.05) is 42.8 Å². The summed E-state index contributed by atoms with van der Waals surface area (Å²) < 4.78 is 0. The van der Waals surface area contributed by atoms with Crippen LogP contribution in [0.25, 0.3) is 0 Å². The van der Waals surface area contributed by atoms with E-state index in [1.54, 1.807) is 37.4 Å². The van der Waals surface area contributed by atoms with E-state index < -0.39 is 4.92 Å². The molecule has 0 aliphatic carbocycles. The molecule has 22 heavy (non-hydrogen) atoms. The Morgan fingerprint density at radius 3 is 2.77 bits per heavy atom. The van der Waals surface area contributed by atoms with E-state index in [2.05, 4.69) is 15.6 Å². The first-order chi connectivity index (χ1) is 10.6. The number of anilines is 1. The topological polar surface area (TPSA) is 97.2 Å². The number of nitro groups is 1. The van der Waals surface area contributed by atoms with Crippen LogP contribution < -0.4 is 10.6 Å². The van der Waals surface area contributed by atoms with Gasteiger partial charge in [-0.25, -0.2) is 0 Å². The second-order valence-electron chi connectivity index (χ2n) is 4.68. The van der Waals surface area contributed by atoms with Gasteiger partial charge in [0.25, 0.3) is 11.6 Å². The minimum absolute atomic E-state index is 0.0930. The Balaban J connectivity index is 1.81. The monoisotopic (exact) mass is 300 g/mol. The summed E-state index contributed by atoms with van der Waals surface area (Å²) in [7, 11) is 0. The zero-order valence-electron chi connectivity index (χ0n) is 12.1. The third-order valence-electron chi connectivity index (χ3n) is 3.06. The number of aromatic nitrogens is 1.